The zero-order valence-electron chi connectivity index (χ0n) is 17.9. The van der Waals surface area contributed by atoms with Crippen LogP contribution in [0.1, 0.15) is 37.6 Å². The molecule has 3 N–H and O–H groups in total. The minimum absolute atomic E-state index is 0.0160. The lowest BCUT2D eigenvalue weighted by molar-refractivity contribution is -0.118. The van der Waals surface area contributed by atoms with Gasteiger partial charge in [0.25, 0.3) is 5.91 Å². The molecule has 3 amide bonds. The smallest absolute Gasteiger partial charge is 0.252 e. The summed E-state index contributed by atoms with van der Waals surface area (Å²) >= 11 is 6.29. The van der Waals surface area contributed by atoms with Crippen molar-refractivity contribution in [2.24, 2.45) is 5.92 Å². The van der Waals surface area contributed by atoms with E-state index in [4.69, 9.17) is 11.6 Å². The molecule has 8 heteroatoms. The average Bonchev–Trinajstić information content (AvgIpc) is 2.84. The fourth-order valence-corrected chi connectivity index (χ4v) is 3.70. The van der Waals surface area contributed by atoms with Crippen molar-refractivity contribution in [2.75, 3.05) is 28.6 Å². The molecule has 0 radical (unpaired) electrons. The predicted octanol–water partition coefficient (Wildman–Crippen LogP) is 3.90. The van der Waals surface area contributed by atoms with Gasteiger partial charge in [-0.25, -0.2) is 0 Å². The molecule has 31 heavy (non-hydrogen) atoms. The Bertz CT molecular complexity index is 993. The number of carbonyl (C=O) groups is 3. The zero-order chi connectivity index (χ0) is 22.5. The highest BCUT2D eigenvalue weighted by atomic mass is 35.5. The molecule has 1 aliphatic rings. The van der Waals surface area contributed by atoms with Crippen LogP contribution in [-0.4, -0.2) is 36.9 Å². The Balaban J connectivity index is 1.70. The summed E-state index contributed by atoms with van der Waals surface area (Å²) in [7, 11) is 0. The molecular weight excluding hydrogens is 416 g/mol. The largest absolute Gasteiger partial charge is 0.376 e. The number of nitrogens with zero attached hydrogens (tertiary/aromatic N) is 1. The Morgan fingerprint density at radius 2 is 1.97 bits per heavy atom. The first-order valence-electron chi connectivity index (χ1n) is 10.3. The van der Waals surface area contributed by atoms with Gasteiger partial charge in [0.1, 0.15) is 0 Å². The minimum Gasteiger partial charge on any atom is -0.376 e. The van der Waals surface area contributed by atoms with Gasteiger partial charge in [-0.2, -0.15) is 0 Å². The highest BCUT2D eigenvalue weighted by Crippen LogP contribution is 2.31. The molecule has 1 aliphatic heterocycles. The van der Waals surface area contributed by atoms with Crippen LogP contribution >= 0.6 is 11.6 Å². The van der Waals surface area contributed by atoms with Crippen molar-refractivity contribution in [3.05, 3.63) is 53.1 Å². The van der Waals surface area contributed by atoms with Crippen LogP contribution in [-0.2, 0) is 9.59 Å². The number of rotatable bonds is 6. The molecular formula is C23H27ClN4O3. The average molecular weight is 443 g/mol. The number of hydrogen-bond acceptors (Lipinski definition) is 4. The molecule has 3 rings (SSSR count). The first-order valence-corrected chi connectivity index (χ1v) is 10.7. The quantitative estimate of drug-likeness (QED) is 0.632. The van der Waals surface area contributed by atoms with E-state index in [1.165, 1.54) is 0 Å². The van der Waals surface area contributed by atoms with Gasteiger partial charge >= 0.3 is 0 Å². The van der Waals surface area contributed by atoms with Gasteiger partial charge in [0.15, 0.2) is 0 Å². The lowest BCUT2D eigenvalue weighted by atomic mass is 10.1. The van der Waals surface area contributed by atoms with E-state index in [2.05, 4.69) is 16.0 Å². The normalized spacial score (nSPS) is 15.7. The Kier molecular flexibility index (Phi) is 7.17. The van der Waals surface area contributed by atoms with Crippen molar-refractivity contribution in [1.82, 2.24) is 5.32 Å². The number of carbonyl (C=O) groups excluding carboxylic acids is 3. The molecule has 1 atom stereocenters. The maximum Gasteiger partial charge on any atom is 0.252 e. The number of amides is 3. The molecule has 0 spiro atoms. The summed E-state index contributed by atoms with van der Waals surface area (Å²) in [5, 5.41) is 9.06. The third kappa shape index (κ3) is 5.55. The standard InChI is InChI=1S/C23H27ClN4O3/c1-14(2)12-26-23(31)17-9-8-16(11-18(17)24)25-13-22(30)28-15(3)10-21(29)27-19-6-4-5-7-20(19)28/h4-9,11,14-15,25H,10,12-13H2,1-3H3,(H,26,31)(H,27,29)/t15-/m1/s1. The van der Waals surface area contributed by atoms with Crippen LogP contribution in [0.15, 0.2) is 42.5 Å². The summed E-state index contributed by atoms with van der Waals surface area (Å²) in [5.74, 6) is -0.187. The van der Waals surface area contributed by atoms with Crippen molar-refractivity contribution < 1.29 is 14.4 Å². The SMILES string of the molecule is CC(C)CNC(=O)c1ccc(NCC(=O)N2c3ccccc3NC(=O)C[C@H]2C)cc1Cl. The van der Waals surface area contributed by atoms with Gasteiger partial charge in [-0.15, -0.1) is 0 Å². The first-order chi connectivity index (χ1) is 14.8. The summed E-state index contributed by atoms with van der Waals surface area (Å²) in [6, 6.07) is 11.9. The molecule has 0 unspecified atom stereocenters. The maximum atomic E-state index is 13.0. The van der Waals surface area contributed by atoms with E-state index in [1.807, 2.05) is 39.0 Å². The zero-order valence-corrected chi connectivity index (χ0v) is 18.6. The summed E-state index contributed by atoms with van der Waals surface area (Å²) in [4.78, 5) is 39.0. The van der Waals surface area contributed by atoms with Crippen LogP contribution in [0.2, 0.25) is 5.02 Å². The molecule has 1 heterocycles. The number of anilines is 3. The van der Waals surface area contributed by atoms with Crippen molar-refractivity contribution in [3.8, 4) is 0 Å². The number of benzene rings is 2. The lowest BCUT2D eigenvalue weighted by Crippen LogP contribution is -2.42. The Labute approximate surface area is 187 Å². The Morgan fingerprint density at radius 3 is 2.68 bits per heavy atom. The summed E-state index contributed by atoms with van der Waals surface area (Å²) in [6.07, 6.45) is 0.215. The van der Waals surface area contributed by atoms with Gasteiger partial charge in [-0.3, -0.25) is 14.4 Å². The third-order valence-corrected chi connectivity index (χ3v) is 5.27. The Morgan fingerprint density at radius 1 is 1.23 bits per heavy atom. The molecule has 2 aromatic rings. The predicted molar refractivity (Wildman–Crippen MR) is 124 cm³/mol. The van der Waals surface area contributed by atoms with Crippen molar-refractivity contribution in [2.45, 2.75) is 33.2 Å². The van der Waals surface area contributed by atoms with E-state index in [9.17, 15) is 14.4 Å². The van der Waals surface area contributed by atoms with Crippen LogP contribution < -0.4 is 20.9 Å². The lowest BCUT2D eigenvalue weighted by Gasteiger charge is -2.28. The second-order valence-electron chi connectivity index (χ2n) is 8.03. The molecule has 164 valence electrons. The maximum absolute atomic E-state index is 13.0. The molecule has 0 saturated carbocycles. The topological polar surface area (TPSA) is 90.5 Å². The van der Waals surface area contributed by atoms with Gasteiger partial charge in [0.2, 0.25) is 11.8 Å². The monoisotopic (exact) mass is 442 g/mol. The molecule has 0 fully saturated rings. The minimum atomic E-state index is -0.284. The van der Waals surface area contributed by atoms with E-state index in [0.717, 1.165) is 0 Å². The molecule has 0 aliphatic carbocycles. The highest BCUT2D eigenvalue weighted by Gasteiger charge is 2.29. The fraction of sp³-hybridized carbons (Fsp3) is 0.348. The van der Waals surface area contributed by atoms with Gasteiger partial charge in [-0.05, 0) is 43.2 Å². The van der Waals surface area contributed by atoms with Crippen molar-refractivity contribution >= 4 is 46.4 Å². The van der Waals surface area contributed by atoms with Gasteiger partial charge in [-0.1, -0.05) is 37.6 Å². The van der Waals surface area contributed by atoms with Gasteiger partial charge in [0.05, 0.1) is 28.5 Å². The van der Waals surface area contributed by atoms with Crippen LogP contribution in [0, 0.1) is 5.92 Å². The molecule has 7 nitrogen and oxygen atoms in total. The summed E-state index contributed by atoms with van der Waals surface area (Å²) in [5.41, 5.74) is 2.30. The number of nitrogens with one attached hydrogen (secondary N) is 3. The first kappa shape index (κ1) is 22.6. The van der Waals surface area contributed by atoms with Crippen LogP contribution in [0.25, 0.3) is 0 Å². The Hall–Kier alpha value is -3.06. The van der Waals surface area contributed by atoms with Crippen LogP contribution in [0.3, 0.4) is 0 Å². The molecule has 2 aromatic carbocycles. The van der Waals surface area contributed by atoms with E-state index >= 15 is 0 Å². The van der Waals surface area contributed by atoms with Crippen LogP contribution in [0.4, 0.5) is 17.1 Å². The molecule has 0 bridgehead atoms. The second-order valence-corrected chi connectivity index (χ2v) is 8.44. The highest BCUT2D eigenvalue weighted by molar-refractivity contribution is 6.34. The van der Waals surface area contributed by atoms with Gasteiger partial charge in [0, 0.05) is 24.7 Å². The second kappa shape index (κ2) is 9.83. The van der Waals surface area contributed by atoms with E-state index in [0.29, 0.717) is 40.1 Å². The fourth-order valence-electron chi connectivity index (χ4n) is 3.43. The van der Waals surface area contributed by atoms with Gasteiger partial charge < -0.3 is 20.9 Å². The number of fused-ring (bicyclic) bond motifs is 1. The number of para-hydroxylation sites is 2. The summed E-state index contributed by atoms with van der Waals surface area (Å²) in [6.45, 7) is 6.46. The summed E-state index contributed by atoms with van der Waals surface area (Å²) < 4.78 is 0. The third-order valence-electron chi connectivity index (χ3n) is 4.96. The van der Waals surface area contributed by atoms with E-state index in [-0.39, 0.29) is 36.7 Å². The van der Waals surface area contributed by atoms with E-state index < -0.39 is 0 Å². The van der Waals surface area contributed by atoms with Crippen LogP contribution in [0.5, 0.6) is 0 Å². The molecule has 0 aromatic heterocycles. The molecule has 0 saturated heterocycles. The van der Waals surface area contributed by atoms with Crippen molar-refractivity contribution in [1.29, 1.82) is 0 Å². The number of hydrogen-bond donors (Lipinski definition) is 3. The van der Waals surface area contributed by atoms with E-state index in [1.54, 1.807) is 29.2 Å². The number of halogens is 1. The van der Waals surface area contributed by atoms with Crippen molar-refractivity contribution in [3.63, 3.8) is 0 Å².